The summed E-state index contributed by atoms with van der Waals surface area (Å²) in [5.41, 5.74) is 7.97. The molecule has 0 aliphatic rings. The number of rotatable bonds is 7. The second kappa shape index (κ2) is 9.30. The van der Waals surface area contributed by atoms with Crippen LogP contribution in [0.25, 0.3) is 0 Å². The Morgan fingerprint density at radius 1 is 1.33 bits per heavy atom. The Morgan fingerprint density at radius 2 is 2.00 bits per heavy atom. The predicted molar refractivity (Wildman–Crippen MR) is 95.9 cm³/mol. The van der Waals surface area contributed by atoms with Crippen LogP contribution in [0.2, 0.25) is 0 Å². The molecule has 6 nitrogen and oxygen atoms in total. The normalized spacial score (nSPS) is 11.5. The first-order chi connectivity index (χ1) is 11.0. The van der Waals surface area contributed by atoms with E-state index in [4.69, 9.17) is 15.0 Å². The van der Waals surface area contributed by atoms with Crippen LogP contribution < -0.4 is 15.8 Å². The van der Waals surface area contributed by atoms with Crippen molar-refractivity contribution in [3.63, 3.8) is 0 Å². The molecule has 0 spiro atoms. The third kappa shape index (κ3) is 5.25. The summed E-state index contributed by atoms with van der Waals surface area (Å²) in [5.74, 6) is 1.50. The fourth-order valence-corrected chi connectivity index (χ4v) is 2.60. The molecule has 0 fully saturated rings. The smallest absolute Gasteiger partial charge is 0.224 e. The summed E-state index contributed by atoms with van der Waals surface area (Å²) < 4.78 is 10.6. The van der Waals surface area contributed by atoms with Crippen LogP contribution in [0.4, 0.5) is 5.69 Å². The molecule has 0 saturated carbocycles. The molecular weight excluding hydrogens is 330 g/mol. The number of carbonyl (C=O) groups excluding carboxylic acids is 1. The molecule has 0 aliphatic heterocycles. The lowest BCUT2D eigenvalue weighted by atomic mass is 9.96. The molecule has 2 rings (SSSR count). The standard InChI is InChI=1S/C17H23N3O3.ClH/c1-11(17-12(2)20-23-13(17)3)10-16(21)19-14-4-6-15(7-5-14)22-9-8-18;/h4-7,11H,8-10,18H2,1-3H3,(H,19,21);1H. The minimum atomic E-state index is -0.0480. The number of anilines is 1. The third-order valence-electron chi connectivity index (χ3n) is 3.60. The predicted octanol–water partition coefficient (Wildman–Crippen LogP) is 3.18. The van der Waals surface area contributed by atoms with E-state index in [2.05, 4.69) is 10.5 Å². The Balaban J connectivity index is 0.00000288. The molecule has 1 aromatic heterocycles. The molecule has 0 saturated heterocycles. The molecule has 3 N–H and O–H groups in total. The highest BCUT2D eigenvalue weighted by Crippen LogP contribution is 2.26. The molecular formula is C17H24ClN3O3. The topological polar surface area (TPSA) is 90.4 Å². The second-order valence-corrected chi connectivity index (χ2v) is 5.55. The number of aromatic nitrogens is 1. The monoisotopic (exact) mass is 353 g/mol. The van der Waals surface area contributed by atoms with Gasteiger partial charge in [0.15, 0.2) is 0 Å². The summed E-state index contributed by atoms with van der Waals surface area (Å²) in [6, 6.07) is 7.24. The average molecular weight is 354 g/mol. The van der Waals surface area contributed by atoms with Gasteiger partial charge in [-0.2, -0.15) is 0 Å². The van der Waals surface area contributed by atoms with Gasteiger partial charge >= 0.3 is 0 Å². The lowest BCUT2D eigenvalue weighted by molar-refractivity contribution is -0.116. The van der Waals surface area contributed by atoms with E-state index >= 15 is 0 Å². The molecule has 0 radical (unpaired) electrons. The van der Waals surface area contributed by atoms with Crippen LogP contribution in [0.15, 0.2) is 28.8 Å². The van der Waals surface area contributed by atoms with Crippen LogP contribution in [-0.2, 0) is 4.79 Å². The molecule has 132 valence electrons. The van der Waals surface area contributed by atoms with Crippen molar-refractivity contribution in [1.82, 2.24) is 5.16 Å². The lowest BCUT2D eigenvalue weighted by Crippen LogP contribution is -2.15. The fraction of sp³-hybridized carbons (Fsp3) is 0.412. The number of halogens is 1. The number of amides is 1. The Labute approximate surface area is 148 Å². The first-order valence-electron chi connectivity index (χ1n) is 7.66. The van der Waals surface area contributed by atoms with E-state index < -0.39 is 0 Å². The van der Waals surface area contributed by atoms with E-state index in [0.717, 1.165) is 28.5 Å². The minimum Gasteiger partial charge on any atom is -0.492 e. The number of hydrogen-bond acceptors (Lipinski definition) is 5. The maximum absolute atomic E-state index is 12.2. The van der Waals surface area contributed by atoms with E-state index in [9.17, 15) is 4.79 Å². The summed E-state index contributed by atoms with van der Waals surface area (Å²) in [4.78, 5) is 12.2. The summed E-state index contributed by atoms with van der Waals surface area (Å²) in [6.07, 6.45) is 0.369. The van der Waals surface area contributed by atoms with Gasteiger partial charge in [0.25, 0.3) is 0 Å². The van der Waals surface area contributed by atoms with Crippen LogP contribution in [0, 0.1) is 13.8 Å². The van der Waals surface area contributed by atoms with E-state index in [1.807, 2.05) is 45.0 Å². The highest BCUT2D eigenvalue weighted by Gasteiger charge is 2.19. The Hall–Kier alpha value is -2.05. The maximum Gasteiger partial charge on any atom is 0.224 e. The number of ether oxygens (including phenoxy) is 1. The summed E-state index contributed by atoms with van der Waals surface area (Å²) in [7, 11) is 0. The lowest BCUT2D eigenvalue weighted by Gasteiger charge is -2.12. The molecule has 1 atom stereocenters. The summed E-state index contributed by atoms with van der Waals surface area (Å²) in [6.45, 7) is 6.69. The van der Waals surface area contributed by atoms with Crippen molar-refractivity contribution >= 4 is 24.0 Å². The van der Waals surface area contributed by atoms with Crippen molar-refractivity contribution in [1.29, 1.82) is 0 Å². The number of carbonyl (C=O) groups is 1. The van der Waals surface area contributed by atoms with Gasteiger partial charge < -0.3 is 20.3 Å². The zero-order valence-corrected chi connectivity index (χ0v) is 15.0. The van der Waals surface area contributed by atoms with E-state index in [0.29, 0.717) is 19.6 Å². The Kier molecular flexibility index (Phi) is 7.74. The molecule has 0 bridgehead atoms. The van der Waals surface area contributed by atoms with Gasteiger partial charge in [0, 0.05) is 24.2 Å². The van der Waals surface area contributed by atoms with Crippen molar-refractivity contribution in [3.8, 4) is 5.75 Å². The van der Waals surface area contributed by atoms with Crippen LogP contribution in [0.5, 0.6) is 5.75 Å². The third-order valence-corrected chi connectivity index (χ3v) is 3.60. The fourth-order valence-electron chi connectivity index (χ4n) is 2.60. The zero-order valence-electron chi connectivity index (χ0n) is 14.2. The second-order valence-electron chi connectivity index (χ2n) is 5.55. The van der Waals surface area contributed by atoms with Crippen molar-refractivity contribution in [2.24, 2.45) is 5.73 Å². The van der Waals surface area contributed by atoms with Crippen LogP contribution >= 0.6 is 12.4 Å². The number of benzene rings is 1. The van der Waals surface area contributed by atoms with Gasteiger partial charge in [0.2, 0.25) is 5.91 Å². The SMILES string of the molecule is Cc1noc(C)c1C(C)CC(=O)Nc1ccc(OCCN)cc1.Cl. The van der Waals surface area contributed by atoms with Crippen LogP contribution in [0.3, 0.4) is 0 Å². The van der Waals surface area contributed by atoms with Crippen molar-refractivity contribution in [3.05, 3.63) is 41.3 Å². The molecule has 24 heavy (non-hydrogen) atoms. The quantitative estimate of drug-likeness (QED) is 0.797. The van der Waals surface area contributed by atoms with Gasteiger partial charge in [-0.25, -0.2) is 0 Å². The Morgan fingerprint density at radius 3 is 2.54 bits per heavy atom. The van der Waals surface area contributed by atoms with Gasteiger partial charge in [-0.1, -0.05) is 12.1 Å². The maximum atomic E-state index is 12.2. The number of nitrogens with two attached hydrogens (primary N) is 1. The molecule has 7 heteroatoms. The van der Waals surface area contributed by atoms with Gasteiger partial charge in [-0.05, 0) is 44.0 Å². The largest absolute Gasteiger partial charge is 0.492 e. The van der Waals surface area contributed by atoms with Crippen molar-refractivity contribution < 1.29 is 14.1 Å². The molecule has 1 aromatic carbocycles. The van der Waals surface area contributed by atoms with E-state index in [1.165, 1.54) is 0 Å². The Bertz CT molecular complexity index is 636. The van der Waals surface area contributed by atoms with Crippen LogP contribution in [-0.4, -0.2) is 24.2 Å². The minimum absolute atomic E-state index is 0. The highest BCUT2D eigenvalue weighted by atomic mass is 35.5. The molecule has 0 aliphatic carbocycles. The number of hydrogen-bond donors (Lipinski definition) is 2. The molecule has 1 heterocycles. The summed E-state index contributed by atoms with van der Waals surface area (Å²) >= 11 is 0. The molecule has 2 aromatic rings. The first-order valence-corrected chi connectivity index (χ1v) is 7.66. The van der Waals surface area contributed by atoms with Gasteiger partial charge in [0.1, 0.15) is 18.1 Å². The van der Waals surface area contributed by atoms with Gasteiger partial charge in [-0.15, -0.1) is 12.4 Å². The molecule has 1 unspecified atom stereocenters. The highest BCUT2D eigenvalue weighted by molar-refractivity contribution is 5.91. The van der Waals surface area contributed by atoms with E-state index in [-0.39, 0.29) is 24.2 Å². The number of nitrogens with one attached hydrogen (secondary N) is 1. The van der Waals surface area contributed by atoms with E-state index in [1.54, 1.807) is 0 Å². The van der Waals surface area contributed by atoms with Gasteiger partial charge in [-0.3, -0.25) is 4.79 Å². The van der Waals surface area contributed by atoms with Gasteiger partial charge in [0.05, 0.1) is 5.69 Å². The van der Waals surface area contributed by atoms with Crippen molar-refractivity contribution in [2.45, 2.75) is 33.1 Å². The number of nitrogens with zero attached hydrogens (tertiary/aromatic N) is 1. The first kappa shape index (κ1) is 20.0. The number of aryl methyl sites for hydroxylation is 2. The summed E-state index contributed by atoms with van der Waals surface area (Å²) in [5, 5.41) is 6.82. The molecule has 1 amide bonds. The average Bonchev–Trinajstić information content (AvgIpc) is 2.85. The zero-order chi connectivity index (χ0) is 16.8. The van der Waals surface area contributed by atoms with Crippen LogP contribution in [0.1, 0.15) is 36.3 Å². The van der Waals surface area contributed by atoms with Crippen molar-refractivity contribution in [2.75, 3.05) is 18.5 Å².